The van der Waals surface area contributed by atoms with E-state index in [9.17, 15) is 9.59 Å². The number of benzene rings is 2. The van der Waals surface area contributed by atoms with Crippen LogP contribution in [-0.4, -0.2) is 64.2 Å². The summed E-state index contributed by atoms with van der Waals surface area (Å²) < 4.78 is 15.0. The largest absolute Gasteiger partial charge is 0.465 e. The van der Waals surface area contributed by atoms with Crippen molar-refractivity contribution in [3.8, 4) is 0 Å². The predicted octanol–water partition coefficient (Wildman–Crippen LogP) is 4.74. The van der Waals surface area contributed by atoms with Crippen LogP contribution < -0.4 is 0 Å². The molecule has 47 heavy (non-hydrogen) atoms. The maximum atomic E-state index is 13.7. The second-order valence-electron chi connectivity index (χ2n) is 11.2. The molecule has 6 aromatic rings. The summed E-state index contributed by atoms with van der Waals surface area (Å²) in [6, 6.07) is 20.1. The number of carbonyl (C=O) groups is 2. The van der Waals surface area contributed by atoms with E-state index in [1.807, 2.05) is 69.8 Å². The van der Waals surface area contributed by atoms with E-state index in [4.69, 9.17) is 9.47 Å². The lowest BCUT2D eigenvalue weighted by Gasteiger charge is -2.29. The molecular weight excluding hydrogens is 596 g/mol. The van der Waals surface area contributed by atoms with Crippen molar-refractivity contribution in [3.05, 3.63) is 108 Å². The Morgan fingerprint density at radius 3 is 1.45 bits per heavy atom. The van der Waals surface area contributed by atoms with Crippen molar-refractivity contribution in [2.24, 2.45) is 5.41 Å². The van der Waals surface area contributed by atoms with Crippen molar-refractivity contribution in [3.63, 3.8) is 0 Å². The molecule has 0 aliphatic rings. The molecule has 2 aromatic carbocycles. The third kappa shape index (κ3) is 6.71. The van der Waals surface area contributed by atoms with Gasteiger partial charge in [-0.2, -0.15) is 0 Å². The Balaban J connectivity index is 1.29. The molecule has 0 fully saturated rings. The molecule has 0 radical (unpaired) electrons. The third-order valence-electron chi connectivity index (χ3n) is 8.26. The summed E-state index contributed by atoms with van der Waals surface area (Å²) in [7, 11) is 0. The second kappa shape index (κ2) is 14.3. The number of nitrogens with zero attached hydrogens (tertiary/aromatic N) is 8. The Kier molecular flexibility index (Phi) is 9.56. The summed E-state index contributed by atoms with van der Waals surface area (Å²) >= 11 is 0. The van der Waals surface area contributed by atoms with Gasteiger partial charge in [0.25, 0.3) is 0 Å². The molecule has 0 aliphatic heterocycles. The molecule has 0 aliphatic carbocycles. The monoisotopic (exact) mass is 632 g/mol. The van der Waals surface area contributed by atoms with Gasteiger partial charge in [-0.15, -0.1) is 0 Å². The molecule has 0 atom stereocenters. The number of rotatable bonds is 14. The van der Waals surface area contributed by atoms with Gasteiger partial charge in [-0.3, -0.25) is 9.59 Å². The number of hydrogen-bond donors (Lipinski definition) is 0. The van der Waals surface area contributed by atoms with Gasteiger partial charge < -0.3 is 18.6 Å². The minimum atomic E-state index is -1.61. The fraction of sp³-hybridized carbons (Fsp3) is 0.314. The van der Waals surface area contributed by atoms with Gasteiger partial charge in [-0.05, 0) is 50.7 Å². The zero-order chi connectivity index (χ0) is 32.6. The van der Waals surface area contributed by atoms with Crippen LogP contribution in [0, 0.1) is 5.41 Å². The van der Waals surface area contributed by atoms with Gasteiger partial charge in [-0.1, -0.05) is 60.7 Å². The first-order chi connectivity index (χ1) is 23.0. The zero-order valence-corrected chi connectivity index (χ0v) is 26.5. The van der Waals surface area contributed by atoms with Crippen molar-refractivity contribution in [2.45, 2.75) is 52.6 Å². The average Bonchev–Trinajstić information content (AvgIpc) is 3.71. The Morgan fingerprint density at radius 2 is 1.04 bits per heavy atom. The number of esters is 2. The van der Waals surface area contributed by atoms with E-state index in [0.29, 0.717) is 46.8 Å². The van der Waals surface area contributed by atoms with Crippen LogP contribution in [-0.2, 0) is 45.0 Å². The lowest BCUT2D eigenvalue weighted by Crippen LogP contribution is -2.43. The van der Waals surface area contributed by atoms with Gasteiger partial charge in [0.05, 0.1) is 50.3 Å². The van der Waals surface area contributed by atoms with E-state index in [0.717, 1.165) is 11.1 Å². The summed E-state index contributed by atoms with van der Waals surface area (Å²) in [5.41, 5.74) is 4.45. The minimum absolute atomic E-state index is 0.0962. The van der Waals surface area contributed by atoms with Crippen LogP contribution in [0.2, 0.25) is 0 Å². The maximum absolute atomic E-state index is 13.7. The SMILES string of the molecule is CCOC(=O)C(CCc1ncnc2c1ncn2Cc1ccccc1)(CCc1ncnc2c1ncn2Cc1ccccc1)C(=O)OCC. The van der Waals surface area contributed by atoms with E-state index in [1.54, 1.807) is 26.5 Å². The van der Waals surface area contributed by atoms with Crippen LogP contribution in [0.3, 0.4) is 0 Å². The van der Waals surface area contributed by atoms with E-state index < -0.39 is 17.4 Å². The molecule has 6 rings (SSSR count). The molecule has 4 aromatic heterocycles. The fourth-order valence-electron chi connectivity index (χ4n) is 5.83. The zero-order valence-electron chi connectivity index (χ0n) is 26.5. The van der Waals surface area contributed by atoms with E-state index >= 15 is 0 Å². The molecule has 4 heterocycles. The van der Waals surface area contributed by atoms with Crippen LogP contribution in [0.25, 0.3) is 22.3 Å². The van der Waals surface area contributed by atoms with Gasteiger partial charge in [0.1, 0.15) is 23.7 Å². The van der Waals surface area contributed by atoms with Gasteiger partial charge in [0.2, 0.25) is 0 Å². The summed E-state index contributed by atoms with van der Waals surface area (Å²) in [6.07, 6.45) is 7.17. The molecule has 12 nitrogen and oxygen atoms in total. The van der Waals surface area contributed by atoms with Crippen LogP contribution in [0.15, 0.2) is 86.0 Å². The second-order valence-corrected chi connectivity index (χ2v) is 11.2. The number of ether oxygens (including phenoxy) is 2. The van der Waals surface area contributed by atoms with Crippen molar-refractivity contribution in [1.29, 1.82) is 0 Å². The first-order valence-corrected chi connectivity index (χ1v) is 15.7. The molecule has 240 valence electrons. The predicted molar refractivity (Wildman–Crippen MR) is 174 cm³/mol. The fourth-order valence-corrected chi connectivity index (χ4v) is 5.83. The number of aromatic nitrogens is 8. The van der Waals surface area contributed by atoms with Gasteiger partial charge in [0, 0.05) is 0 Å². The molecule has 0 spiro atoms. The Morgan fingerprint density at radius 1 is 0.617 bits per heavy atom. The highest BCUT2D eigenvalue weighted by molar-refractivity contribution is 6.00. The molecular formula is C35H36N8O4. The van der Waals surface area contributed by atoms with Gasteiger partial charge in [0.15, 0.2) is 16.7 Å². The molecule has 0 bridgehead atoms. The number of hydrogen-bond acceptors (Lipinski definition) is 10. The summed E-state index contributed by atoms with van der Waals surface area (Å²) in [6.45, 7) is 4.85. The highest BCUT2D eigenvalue weighted by Crippen LogP contribution is 2.35. The minimum Gasteiger partial charge on any atom is -0.465 e. The quantitative estimate of drug-likeness (QED) is 0.122. The Labute approximate surface area is 271 Å². The summed E-state index contributed by atoms with van der Waals surface area (Å²) in [5, 5.41) is 0. The Hall–Kier alpha value is -5.52. The number of carbonyl (C=O) groups excluding carboxylic acids is 2. The average molecular weight is 633 g/mol. The normalized spacial score (nSPS) is 11.6. The number of imidazole rings is 2. The summed E-state index contributed by atoms with van der Waals surface area (Å²) in [4.78, 5) is 54.7. The standard InChI is InChI=1S/C35H36N8O4/c1-3-46-33(44)35(34(45)47-4-2,17-15-27-29-31(38-21-36-27)42(23-40-29)19-25-11-7-5-8-12-25)18-16-28-30-32(39-22-37-28)43(24-41-30)20-26-13-9-6-10-14-26/h5-14,21-24H,3-4,15-20H2,1-2H3. The van der Waals surface area contributed by atoms with Crippen LogP contribution in [0.5, 0.6) is 0 Å². The summed E-state index contributed by atoms with van der Waals surface area (Å²) in [5.74, 6) is -1.28. The van der Waals surface area contributed by atoms with E-state index in [-0.39, 0.29) is 38.9 Å². The van der Waals surface area contributed by atoms with Crippen molar-refractivity contribution in [2.75, 3.05) is 13.2 Å². The van der Waals surface area contributed by atoms with Crippen molar-refractivity contribution in [1.82, 2.24) is 39.0 Å². The maximum Gasteiger partial charge on any atom is 0.323 e. The van der Waals surface area contributed by atoms with E-state index in [1.165, 1.54) is 12.7 Å². The van der Waals surface area contributed by atoms with Crippen molar-refractivity contribution < 1.29 is 19.1 Å². The number of fused-ring (bicyclic) bond motifs is 2. The van der Waals surface area contributed by atoms with Crippen LogP contribution in [0.4, 0.5) is 0 Å². The molecule has 0 amide bonds. The first-order valence-electron chi connectivity index (χ1n) is 15.7. The number of aryl methyl sites for hydroxylation is 2. The smallest absolute Gasteiger partial charge is 0.323 e. The third-order valence-corrected chi connectivity index (χ3v) is 8.26. The molecule has 12 heteroatoms. The lowest BCUT2D eigenvalue weighted by atomic mass is 9.77. The van der Waals surface area contributed by atoms with Crippen LogP contribution >= 0.6 is 0 Å². The first kappa shape index (κ1) is 31.5. The molecule has 0 N–H and O–H groups in total. The van der Waals surface area contributed by atoms with E-state index in [2.05, 4.69) is 29.9 Å². The van der Waals surface area contributed by atoms with Crippen LogP contribution in [0.1, 0.15) is 49.2 Å². The topological polar surface area (TPSA) is 140 Å². The highest BCUT2D eigenvalue weighted by atomic mass is 16.6. The lowest BCUT2D eigenvalue weighted by molar-refractivity contribution is -0.173. The molecule has 0 saturated heterocycles. The molecule has 0 unspecified atom stereocenters. The van der Waals surface area contributed by atoms with Gasteiger partial charge >= 0.3 is 11.9 Å². The van der Waals surface area contributed by atoms with Crippen molar-refractivity contribution >= 4 is 34.3 Å². The Bertz CT molecular complexity index is 1830. The highest BCUT2D eigenvalue weighted by Gasteiger charge is 2.48. The molecule has 0 saturated carbocycles. The van der Waals surface area contributed by atoms with Gasteiger partial charge in [-0.25, -0.2) is 29.9 Å².